The van der Waals surface area contributed by atoms with Crippen molar-refractivity contribution in [2.24, 2.45) is 5.84 Å². The highest BCUT2D eigenvalue weighted by molar-refractivity contribution is 5.48. The lowest BCUT2D eigenvalue weighted by atomic mass is 10.3. The van der Waals surface area contributed by atoms with E-state index in [1.807, 2.05) is 5.43 Å². The van der Waals surface area contributed by atoms with Crippen molar-refractivity contribution < 1.29 is 19.0 Å². The molecule has 5 N–H and O–H groups in total. The van der Waals surface area contributed by atoms with Crippen molar-refractivity contribution in [1.82, 2.24) is 4.98 Å². The van der Waals surface area contributed by atoms with Gasteiger partial charge in [0.15, 0.2) is 23.3 Å². The monoisotopic (exact) mass is 248 g/mol. The van der Waals surface area contributed by atoms with E-state index in [0.29, 0.717) is 6.07 Å². The Hall–Kier alpha value is -1.51. The molecule has 0 atom stereocenters. The van der Waals surface area contributed by atoms with E-state index in [2.05, 4.69) is 4.98 Å². The van der Waals surface area contributed by atoms with E-state index >= 15 is 0 Å². The zero-order chi connectivity index (χ0) is 12.8. The first-order chi connectivity index (χ1) is 8.13. The highest BCUT2D eigenvalue weighted by atomic mass is 19.1. The summed E-state index contributed by atoms with van der Waals surface area (Å²) in [6.07, 6.45) is 0. The average molecular weight is 248 g/mol. The Morgan fingerprint density at radius 3 is 2.29 bits per heavy atom. The minimum atomic E-state index is -0.915. The summed E-state index contributed by atoms with van der Waals surface area (Å²) in [6, 6.07) is 0.638. The van der Waals surface area contributed by atoms with E-state index in [-0.39, 0.29) is 37.9 Å². The normalized spacial score (nSPS) is 10.4. The van der Waals surface area contributed by atoms with Crippen LogP contribution >= 0.6 is 0 Å². The van der Waals surface area contributed by atoms with Crippen LogP contribution in [0, 0.1) is 11.6 Å². The van der Waals surface area contributed by atoms with E-state index in [9.17, 15) is 8.78 Å². The van der Waals surface area contributed by atoms with Crippen LogP contribution in [-0.4, -0.2) is 41.5 Å². The smallest absolute Gasteiger partial charge is 0.178 e. The van der Waals surface area contributed by atoms with E-state index in [0.717, 1.165) is 0 Å². The minimum absolute atomic E-state index is 0.0696. The van der Waals surface area contributed by atoms with Crippen LogP contribution in [-0.2, 0) is 0 Å². The molecule has 0 aliphatic carbocycles. The first-order valence-corrected chi connectivity index (χ1v) is 4.93. The lowest BCUT2D eigenvalue weighted by molar-refractivity contribution is 0.280. The average Bonchev–Trinajstić information content (AvgIpc) is 2.29. The molecule has 0 unspecified atom stereocenters. The molecule has 1 aromatic rings. The van der Waals surface area contributed by atoms with Gasteiger partial charge in [-0.25, -0.2) is 19.6 Å². The number of halogens is 2. The molecular weight excluding hydrogens is 234 g/mol. The summed E-state index contributed by atoms with van der Waals surface area (Å²) in [5.74, 6) is 2.74. The summed E-state index contributed by atoms with van der Waals surface area (Å²) in [5, 5.41) is 17.6. The fraction of sp³-hybridized carbons (Fsp3) is 0.444. The number of pyridine rings is 1. The van der Waals surface area contributed by atoms with E-state index < -0.39 is 11.6 Å². The Morgan fingerprint density at radius 2 is 1.82 bits per heavy atom. The van der Waals surface area contributed by atoms with Gasteiger partial charge in [-0.1, -0.05) is 0 Å². The summed E-state index contributed by atoms with van der Waals surface area (Å²) in [5.41, 5.74) is 2.00. The van der Waals surface area contributed by atoms with Gasteiger partial charge >= 0.3 is 0 Å². The van der Waals surface area contributed by atoms with Gasteiger partial charge in [-0.05, 0) is 0 Å². The molecule has 0 bridgehead atoms. The number of hydrazine groups is 1. The number of anilines is 2. The number of nitrogen functional groups attached to an aromatic ring is 1. The second-order valence-electron chi connectivity index (χ2n) is 3.20. The van der Waals surface area contributed by atoms with Crippen LogP contribution in [0.1, 0.15) is 0 Å². The number of aromatic nitrogens is 1. The Bertz CT molecular complexity index is 372. The number of nitrogens with one attached hydrogen (secondary N) is 1. The van der Waals surface area contributed by atoms with Gasteiger partial charge in [-0.3, -0.25) is 0 Å². The van der Waals surface area contributed by atoms with Crippen molar-refractivity contribution in [1.29, 1.82) is 0 Å². The predicted octanol–water partition coefficient (Wildman–Crippen LogP) is -0.564. The summed E-state index contributed by atoms with van der Waals surface area (Å²) in [4.78, 5) is 4.93. The van der Waals surface area contributed by atoms with Crippen molar-refractivity contribution in [3.63, 3.8) is 0 Å². The zero-order valence-corrected chi connectivity index (χ0v) is 9.03. The van der Waals surface area contributed by atoms with Crippen molar-refractivity contribution in [2.45, 2.75) is 0 Å². The Labute approximate surface area is 96.7 Å². The fourth-order valence-corrected chi connectivity index (χ4v) is 1.34. The molecule has 96 valence electrons. The number of aliphatic hydroxyl groups is 2. The van der Waals surface area contributed by atoms with Crippen LogP contribution in [0.5, 0.6) is 0 Å². The maximum absolute atomic E-state index is 13.5. The minimum Gasteiger partial charge on any atom is -0.395 e. The lowest BCUT2D eigenvalue weighted by Gasteiger charge is -2.22. The molecule has 0 spiro atoms. The summed E-state index contributed by atoms with van der Waals surface area (Å²) in [6.45, 7) is -0.353. The Kier molecular flexibility index (Phi) is 5.01. The third-order valence-corrected chi connectivity index (χ3v) is 2.09. The van der Waals surface area contributed by atoms with Crippen molar-refractivity contribution >= 4 is 11.6 Å². The van der Waals surface area contributed by atoms with Gasteiger partial charge in [-0.15, -0.1) is 0 Å². The van der Waals surface area contributed by atoms with E-state index in [4.69, 9.17) is 16.1 Å². The summed E-state index contributed by atoms with van der Waals surface area (Å²) < 4.78 is 26.6. The third-order valence-electron chi connectivity index (χ3n) is 2.09. The zero-order valence-electron chi connectivity index (χ0n) is 9.03. The number of aliphatic hydroxyl groups excluding tert-OH is 2. The molecule has 1 rings (SSSR count). The molecule has 1 heterocycles. The van der Waals surface area contributed by atoms with Crippen LogP contribution in [0.4, 0.5) is 20.4 Å². The van der Waals surface area contributed by atoms with Gasteiger partial charge in [0, 0.05) is 19.2 Å². The quantitative estimate of drug-likeness (QED) is 0.398. The van der Waals surface area contributed by atoms with Gasteiger partial charge in [0.1, 0.15) is 0 Å². The molecule has 0 aromatic carbocycles. The summed E-state index contributed by atoms with van der Waals surface area (Å²) in [7, 11) is 0. The van der Waals surface area contributed by atoms with Gasteiger partial charge < -0.3 is 20.5 Å². The van der Waals surface area contributed by atoms with Crippen molar-refractivity contribution in [3.8, 4) is 0 Å². The van der Waals surface area contributed by atoms with Crippen LogP contribution in [0.25, 0.3) is 0 Å². The topological polar surface area (TPSA) is 94.6 Å². The van der Waals surface area contributed by atoms with Crippen LogP contribution in [0.2, 0.25) is 0 Å². The number of nitrogens with two attached hydrogens (primary N) is 1. The standard InChI is InChI=1S/C9H14F2N4O2/c10-6-5-7(11)9(13-8(6)14-12)15(1-3-16)2-4-17/h5,16-17H,1-4,12H2,(H,13,14). The maximum Gasteiger partial charge on any atom is 0.178 e. The van der Waals surface area contributed by atoms with Crippen LogP contribution < -0.4 is 16.2 Å². The van der Waals surface area contributed by atoms with Gasteiger partial charge in [0.05, 0.1) is 13.2 Å². The molecular formula is C9H14F2N4O2. The van der Waals surface area contributed by atoms with Gasteiger partial charge in [-0.2, -0.15) is 0 Å². The molecule has 0 saturated carbocycles. The highest BCUT2D eigenvalue weighted by Gasteiger charge is 2.16. The molecule has 6 nitrogen and oxygen atoms in total. The molecule has 17 heavy (non-hydrogen) atoms. The maximum atomic E-state index is 13.5. The van der Waals surface area contributed by atoms with Gasteiger partial charge in [0.2, 0.25) is 0 Å². The first kappa shape index (κ1) is 13.6. The lowest BCUT2D eigenvalue weighted by Crippen LogP contribution is -2.31. The van der Waals surface area contributed by atoms with Crippen LogP contribution in [0.15, 0.2) is 6.07 Å². The Morgan fingerprint density at radius 1 is 1.24 bits per heavy atom. The largest absolute Gasteiger partial charge is 0.395 e. The van der Waals surface area contributed by atoms with E-state index in [1.54, 1.807) is 0 Å². The molecule has 0 fully saturated rings. The molecule has 0 radical (unpaired) electrons. The Balaban J connectivity index is 3.08. The van der Waals surface area contributed by atoms with Crippen LogP contribution in [0.3, 0.4) is 0 Å². The first-order valence-electron chi connectivity index (χ1n) is 4.93. The highest BCUT2D eigenvalue weighted by Crippen LogP contribution is 2.21. The molecule has 0 saturated heterocycles. The van der Waals surface area contributed by atoms with Crippen molar-refractivity contribution in [2.75, 3.05) is 36.6 Å². The fourth-order valence-electron chi connectivity index (χ4n) is 1.34. The molecule has 1 aromatic heterocycles. The third kappa shape index (κ3) is 3.22. The number of nitrogens with zero attached hydrogens (tertiary/aromatic N) is 2. The van der Waals surface area contributed by atoms with E-state index in [1.165, 1.54) is 4.90 Å². The molecule has 0 aliphatic heterocycles. The molecule has 8 heteroatoms. The SMILES string of the molecule is NNc1nc(N(CCO)CCO)c(F)cc1F. The van der Waals surface area contributed by atoms with Crippen molar-refractivity contribution in [3.05, 3.63) is 17.7 Å². The summed E-state index contributed by atoms with van der Waals surface area (Å²) >= 11 is 0. The van der Waals surface area contributed by atoms with Gasteiger partial charge in [0.25, 0.3) is 0 Å². The number of rotatable bonds is 6. The molecule has 0 amide bonds. The second-order valence-corrected chi connectivity index (χ2v) is 3.20. The second kappa shape index (κ2) is 6.28. The molecule has 0 aliphatic rings. The predicted molar refractivity (Wildman–Crippen MR) is 58.3 cm³/mol. The number of hydrogen-bond donors (Lipinski definition) is 4. The number of hydrogen-bond acceptors (Lipinski definition) is 6.